The zero-order valence-electron chi connectivity index (χ0n) is 15.1. The van der Waals surface area contributed by atoms with Crippen molar-refractivity contribution >= 4 is 11.6 Å². The summed E-state index contributed by atoms with van der Waals surface area (Å²) in [5, 5.41) is 3.00. The molecule has 1 aromatic heterocycles. The van der Waals surface area contributed by atoms with Crippen LogP contribution in [0.15, 0.2) is 73.1 Å². The summed E-state index contributed by atoms with van der Waals surface area (Å²) >= 11 is 0. The number of aryl methyl sites for hydroxylation is 1. The minimum atomic E-state index is 0.0562. The van der Waals surface area contributed by atoms with Crippen LogP contribution in [0.4, 0.5) is 5.69 Å². The molecule has 0 bridgehead atoms. The van der Waals surface area contributed by atoms with E-state index in [0.29, 0.717) is 18.9 Å². The quantitative estimate of drug-likeness (QED) is 0.694. The number of fused-ring (bicyclic) bond motifs is 1. The number of benzene rings is 2. The number of amides is 1. The summed E-state index contributed by atoms with van der Waals surface area (Å²) < 4.78 is 5.75. The number of hydrogen-bond donors (Lipinski definition) is 1. The van der Waals surface area contributed by atoms with Gasteiger partial charge in [-0.1, -0.05) is 30.3 Å². The van der Waals surface area contributed by atoms with E-state index < -0.39 is 0 Å². The van der Waals surface area contributed by atoms with Crippen molar-refractivity contribution in [2.45, 2.75) is 31.8 Å². The van der Waals surface area contributed by atoms with E-state index >= 15 is 0 Å². The number of ether oxygens (including phenoxy) is 1. The van der Waals surface area contributed by atoms with Crippen LogP contribution < -0.4 is 10.1 Å². The van der Waals surface area contributed by atoms with Crippen molar-refractivity contribution in [3.05, 3.63) is 89.7 Å². The summed E-state index contributed by atoms with van der Waals surface area (Å²) in [4.78, 5) is 16.5. The maximum Gasteiger partial charge on any atom is 0.224 e. The Balaban J connectivity index is 1.30. The molecule has 0 saturated heterocycles. The van der Waals surface area contributed by atoms with Crippen molar-refractivity contribution in [2.75, 3.05) is 5.32 Å². The molecular weight excluding hydrogens is 336 g/mol. The van der Waals surface area contributed by atoms with E-state index in [0.717, 1.165) is 29.8 Å². The topological polar surface area (TPSA) is 51.2 Å². The minimum Gasteiger partial charge on any atom is -0.489 e. The minimum absolute atomic E-state index is 0.0562. The van der Waals surface area contributed by atoms with Crippen LogP contribution in [0.5, 0.6) is 5.75 Å². The third-order valence-corrected chi connectivity index (χ3v) is 4.96. The first-order chi connectivity index (χ1) is 13.3. The standard InChI is InChI=1S/C23H22N2O2/c26-23(14-19-8-7-18-5-1-2-6-22(18)19)25-20-9-11-21(12-10-20)27-16-17-4-3-13-24-15-17/h1-6,9-13,15,19H,7-8,14,16H2,(H,25,26). The van der Waals surface area contributed by atoms with Gasteiger partial charge in [0, 0.05) is 30.1 Å². The molecule has 1 atom stereocenters. The van der Waals surface area contributed by atoms with E-state index in [1.807, 2.05) is 36.4 Å². The molecule has 1 aliphatic rings. The molecule has 2 aromatic carbocycles. The van der Waals surface area contributed by atoms with E-state index in [1.54, 1.807) is 12.4 Å². The highest BCUT2D eigenvalue weighted by Crippen LogP contribution is 2.35. The first kappa shape index (κ1) is 17.3. The van der Waals surface area contributed by atoms with Gasteiger partial charge in [-0.2, -0.15) is 0 Å². The van der Waals surface area contributed by atoms with E-state index in [1.165, 1.54) is 11.1 Å². The predicted molar refractivity (Wildman–Crippen MR) is 106 cm³/mol. The normalized spacial score (nSPS) is 15.2. The maximum absolute atomic E-state index is 12.4. The molecule has 3 aromatic rings. The molecule has 4 heteroatoms. The molecule has 1 amide bonds. The molecule has 0 fully saturated rings. The average molecular weight is 358 g/mol. The predicted octanol–water partition coefficient (Wildman–Crippen LogP) is 4.72. The highest BCUT2D eigenvalue weighted by Gasteiger charge is 2.24. The summed E-state index contributed by atoms with van der Waals surface area (Å²) in [6.07, 6.45) is 6.17. The monoisotopic (exact) mass is 358 g/mol. The van der Waals surface area contributed by atoms with Crippen LogP contribution in [-0.4, -0.2) is 10.9 Å². The van der Waals surface area contributed by atoms with Crippen LogP contribution >= 0.6 is 0 Å². The molecule has 27 heavy (non-hydrogen) atoms. The second kappa shape index (κ2) is 8.04. The Bertz CT molecular complexity index is 907. The number of nitrogens with one attached hydrogen (secondary N) is 1. The first-order valence-electron chi connectivity index (χ1n) is 9.27. The molecule has 1 N–H and O–H groups in total. The van der Waals surface area contributed by atoms with Gasteiger partial charge in [0.2, 0.25) is 5.91 Å². The molecule has 0 aliphatic heterocycles. The van der Waals surface area contributed by atoms with Crippen molar-refractivity contribution in [3.63, 3.8) is 0 Å². The zero-order chi connectivity index (χ0) is 18.5. The van der Waals surface area contributed by atoms with E-state index in [4.69, 9.17) is 4.74 Å². The molecule has 0 saturated carbocycles. The molecule has 4 nitrogen and oxygen atoms in total. The summed E-state index contributed by atoms with van der Waals surface area (Å²) in [5.41, 5.74) is 4.52. The molecule has 4 rings (SSSR count). The Hall–Kier alpha value is -3.14. The Morgan fingerprint density at radius 1 is 1.07 bits per heavy atom. The van der Waals surface area contributed by atoms with E-state index in [-0.39, 0.29) is 5.91 Å². The van der Waals surface area contributed by atoms with Gasteiger partial charge in [0.05, 0.1) is 0 Å². The molecule has 136 valence electrons. The zero-order valence-corrected chi connectivity index (χ0v) is 15.1. The molecule has 0 radical (unpaired) electrons. The van der Waals surface area contributed by atoms with Gasteiger partial charge in [-0.15, -0.1) is 0 Å². The van der Waals surface area contributed by atoms with Crippen LogP contribution in [0.2, 0.25) is 0 Å². The number of aromatic nitrogens is 1. The summed E-state index contributed by atoms with van der Waals surface area (Å²) in [6, 6.07) is 19.8. The summed E-state index contributed by atoms with van der Waals surface area (Å²) in [6.45, 7) is 0.473. The highest BCUT2D eigenvalue weighted by molar-refractivity contribution is 5.91. The lowest BCUT2D eigenvalue weighted by atomic mass is 9.97. The Labute approximate surface area is 159 Å². The van der Waals surface area contributed by atoms with Gasteiger partial charge < -0.3 is 10.1 Å². The maximum atomic E-state index is 12.4. The van der Waals surface area contributed by atoms with Crippen LogP contribution in [-0.2, 0) is 17.8 Å². The highest BCUT2D eigenvalue weighted by atomic mass is 16.5. The number of hydrogen-bond acceptors (Lipinski definition) is 3. The summed E-state index contributed by atoms with van der Waals surface area (Å²) in [5.74, 6) is 1.14. The van der Waals surface area contributed by atoms with Gasteiger partial charge in [0.1, 0.15) is 12.4 Å². The van der Waals surface area contributed by atoms with Gasteiger partial charge in [0.25, 0.3) is 0 Å². The molecule has 0 spiro atoms. The smallest absolute Gasteiger partial charge is 0.224 e. The fraction of sp³-hybridized carbons (Fsp3) is 0.217. The Morgan fingerprint density at radius 2 is 1.93 bits per heavy atom. The number of carbonyl (C=O) groups excluding carboxylic acids is 1. The Morgan fingerprint density at radius 3 is 2.74 bits per heavy atom. The van der Waals surface area contributed by atoms with Crippen molar-refractivity contribution in [3.8, 4) is 5.75 Å². The van der Waals surface area contributed by atoms with Crippen LogP contribution in [0.1, 0.15) is 35.4 Å². The van der Waals surface area contributed by atoms with Crippen molar-refractivity contribution < 1.29 is 9.53 Å². The summed E-state index contributed by atoms with van der Waals surface area (Å²) in [7, 11) is 0. The number of carbonyl (C=O) groups is 1. The lowest BCUT2D eigenvalue weighted by Gasteiger charge is -2.12. The number of anilines is 1. The fourth-order valence-corrected chi connectivity index (χ4v) is 3.58. The van der Waals surface area contributed by atoms with Gasteiger partial charge in [0.15, 0.2) is 0 Å². The van der Waals surface area contributed by atoms with Crippen LogP contribution in [0, 0.1) is 0 Å². The molecular formula is C23H22N2O2. The SMILES string of the molecule is O=C(CC1CCc2ccccc21)Nc1ccc(OCc2cccnc2)cc1. The first-order valence-corrected chi connectivity index (χ1v) is 9.27. The second-order valence-corrected chi connectivity index (χ2v) is 6.86. The third kappa shape index (κ3) is 4.34. The van der Waals surface area contributed by atoms with Gasteiger partial charge in [-0.05, 0) is 60.2 Å². The van der Waals surface area contributed by atoms with Gasteiger partial charge in [-0.3, -0.25) is 9.78 Å². The molecule has 1 heterocycles. The van der Waals surface area contributed by atoms with Gasteiger partial charge >= 0.3 is 0 Å². The number of rotatable bonds is 6. The lowest BCUT2D eigenvalue weighted by molar-refractivity contribution is -0.116. The van der Waals surface area contributed by atoms with Crippen molar-refractivity contribution in [2.24, 2.45) is 0 Å². The van der Waals surface area contributed by atoms with E-state index in [9.17, 15) is 4.79 Å². The van der Waals surface area contributed by atoms with Gasteiger partial charge in [-0.25, -0.2) is 0 Å². The molecule has 1 aliphatic carbocycles. The van der Waals surface area contributed by atoms with Crippen molar-refractivity contribution in [1.82, 2.24) is 4.98 Å². The second-order valence-electron chi connectivity index (χ2n) is 6.86. The average Bonchev–Trinajstić information content (AvgIpc) is 3.11. The van der Waals surface area contributed by atoms with E-state index in [2.05, 4.69) is 34.6 Å². The van der Waals surface area contributed by atoms with Crippen molar-refractivity contribution in [1.29, 1.82) is 0 Å². The molecule has 1 unspecified atom stereocenters. The van der Waals surface area contributed by atoms with Crippen LogP contribution in [0.25, 0.3) is 0 Å². The number of pyridine rings is 1. The lowest BCUT2D eigenvalue weighted by Crippen LogP contribution is -2.14. The van der Waals surface area contributed by atoms with Crippen LogP contribution in [0.3, 0.4) is 0 Å². The fourth-order valence-electron chi connectivity index (χ4n) is 3.58. The third-order valence-electron chi connectivity index (χ3n) is 4.96. The largest absolute Gasteiger partial charge is 0.489 e. The number of nitrogens with zero attached hydrogens (tertiary/aromatic N) is 1. The Kier molecular flexibility index (Phi) is 5.15.